The lowest BCUT2D eigenvalue weighted by Gasteiger charge is -2.20. The van der Waals surface area contributed by atoms with Gasteiger partial charge in [-0.05, 0) is 43.3 Å². The van der Waals surface area contributed by atoms with E-state index >= 15 is 0 Å². The Morgan fingerprint density at radius 1 is 1.13 bits per heavy atom. The Hall–Kier alpha value is -4.66. The van der Waals surface area contributed by atoms with Gasteiger partial charge in [0.15, 0.2) is 0 Å². The Morgan fingerprint density at radius 2 is 1.79 bits per heavy atom. The number of carbonyl (C=O) groups is 2. The summed E-state index contributed by atoms with van der Waals surface area (Å²) in [6.07, 6.45) is 0.942. The molecule has 3 aromatic rings. The number of carboxylic acid groups (broad SMARTS) is 2. The van der Waals surface area contributed by atoms with E-state index in [1.165, 1.54) is 43.6 Å². The number of carbonyl (C=O) groups excluding carboxylic acids is 1. The fraction of sp³-hybridized carbons (Fsp3) is 0.222. The van der Waals surface area contributed by atoms with Gasteiger partial charge in [0.05, 0.1) is 21.4 Å². The van der Waals surface area contributed by atoms with Gasteiger partial charge in [0.1, 0.15) is 5.69 Å². The van der Waals surface area contributed by atoms with Crippen LogP contribution in [-0.4, -0.2) is 77.2 Å². The second-order valence-corrected chi connectivity index (χ2v) is 14.8. The molecule has 0 aliphatic carbocycles. The van der Waals surface area contributed by atoms with Gasteiger partial charge in [0, 0.05) is 43.6 Å². The van der Waals surface area contributed by atoms with Crippen molar-refractivity contribution in [3.63, 3.8) is 0 Å². The number of aliphatic imine (C=N–C) groups is 1. The number of aromatic nitrogens is 1. The Kier molecular flexibility index (Phi) is 14.7. The van der Waals surface area contributed by atoms with Crippen molar-refractivity contribution in [1.82, 2.24) is 15.0 Å². The summed E-state index contributed by atoms with van der Waals surface area (Å²) in [5, 5.41) is 22.7. The summed E-state index contributed by atoms with van der Waals surface area (Å²) in [7, 11) is -5.25. The molecule has 0 unspecified atom stereocenters. The van der Waals surface area contributed by atoms with Crippen LogP contribution in [0.5, 0.6) is 0 Å². The van der Waals surface area contributed by atoms with Gasteiger partial charge < -0.3 is 31.8 Å². The summed E-state index contributed by atoms with van der Waals surface area (Å²) < 4.78 is 55.9. The highest BCUT2D eigenvalue weighted by molar-refractivity contribution is 7.98. The van der Waals surface area contributed by atoms with Gasteiger partial charge in [0.2, 0.25) is 5.96 Å². The second kappa shape index (κ2) is 17.9. The van der Waals surface area contributed by atoms with E-state index in [9.17, 15) is 31.5 Å². The van der Waals surface area contributed by atoms with Crippen molar-refractivity contribution in [1.29, 1.82) is 0 Å². The summed E-state index contributed by atoms with van der Waals surface area (Å²) in [6.45, 7) is 2.32. The van der Waals surface area contributed by atoms with Crippen LogP contribution in [0.3, 0.4) is 0 Å². The lowest BCUT2D eigenvalue weighted by atomic mass is 10.2. The monoisotopic (exact) mass is 726 g/mol. The van der Waals surface area contributed by atoms with Crippen LogP contribution >= 0.6 is 23.1 Å². The summed E-state index contributed by atoms with van der Waals surface area (Å²) in [4.78, 5) is 29.7. The van der Waals surface area contributed by atoms with Crippen molar-refractivity contribution >= 4 is 77.8 Å². The minimum Gasteiger partial charge on any atom is -0.545 e. The molecule has 0 saturated heterocycles. The predicted molar refractivity (Wildman–Crippen MR) is 179 cm³/mol. The third-order valence-corrected chi connectivity index (χ3v) is 10.5. The van der Waals surface area contributed by atoms with Crippen LogP contribution in [0.2, 0.25) is 0 Å². The molecule has 0 spiro atoms. The number of benzene rings is 2. The first kappa shape index (κ1) is 38.5. The van der Waals surface area contributed by atoms with Crippen molar-refractivity contribution in [2.24, 2.45) is 16.5 Å². The average molecular weight is 727 g/mol. The number of anilines is 1. The molecule has 2 aromatic carbocycles. The fourth-order valence-corrected chi connectivity index (χ4v) is 7.29. The predicted octanol–water partition coefficient (Wildman–Crippen LogP) is -1.57. The van der Waals surface area contributed by atoms with Crippen molar-refractivity contribution in [3.8, 4) is 0 Å². The van der Waals surface area contributed by atoms with Gasteiger partial charge in [-0.25, -0.2) is 31.3 Å². The third kappa shape index (κ3) is 12.9. The number of aryl methyl sites for hydroxylation is 1. The number of hydrogen-bond donors (Lipinski definition) is 6. The first-order valence-corrected chi connectivity index (χ1v) is 18.2. The highest BCUT2D eigenvalue weighted by Crippen LogP contribution is 2.24. The first-order valence-electron chi connectivity index (χ1n) is 13.2. The molecule has 0 fully saturated rings. The van der Waals surface area contributed by atoms with Crippen LogP contribution in [0.4, 0.5) is 10.8 Å². The van der Waals surface area contributed by atoms with Crippen molar-refractivity contribution in [2.45, 2.75) is 22.5 Å². The standard InChI is InChI=1S/C23H30N8O4S4.C4H4O4/c1-16-7-9-18(10-8-16)31(3)39(34,35)20-6-4-5-19(13-20)38(32,33)30-22(26-2)27-11-12-36-14-17-15-37-23(28-17)29-21(24)25;5-3(6)1-2-4(7)8/h4-10,13,15H,11-12,14H2,1-3H3,(H2,26,27,30)(H4,24,25,28,29);1-2H,(H,5,6)(H,7,8)/b;2-1+. The third-order valence-electron chi connectivity index (χ3n) is 5.58. The smallest absolute Gasteiger partial charge is 0.328 e. The minimum atomic E-state index is -4.11. The zero-order chi connectivity index (χ0) is 35.2. The van der Waals surface area contributed by atoms with Gasteiger partial charge in [0.25, 0.3) is 25.2 Å². The minimum absolute atomic E-state index is 0.0368. The van der Waals surface area contributed by atoms with Crippen molar-refractivity contribution in [3.05, 3.63) is 77.3 Å². The zero-order valence-electron chi connectivity index (χ0n) is 25.4. The van der Waals surface area contributed by atoms with Crippen LogP contribution in [-0.2, 0) is 35.4 Å². The number of sulfonamides is 2. The summed E-state index contributed by atoms with van der Waals surface area (Å²) in [5.41, 5.74) is 13.1. The molecule has 0 radical (unpaired) electrons. The number of nitrogens with one attached hydrogen (secondary N) is 3. The summed E-state index contributed by atoms with van der Waals surface area (Å²) in [5.74, 6) is -1.40. The van der Waals surface area contributed by atoms with Crippen LogP contribution in [0.15, 0.2) is 80.8 Å². The SMILES string of the molecule is CN=C(NCCSCc1csc([NH+]=C(N)N)n1)NS(=O)(=O)c1cccc(S(=O)(=O)N(C)c2ccc(C)cc2)c1.O=C([O-])/C=C/C(=O)O. The van der Waals surface area contributed by atoms with Crippen LogP contribution in [0.25, 0.3) is 0 Å². The second-order valence-electron chi connectivity index (χ2n) is 9.15. The number of thiazole rings is 1. The number of guanidine groups is 2. The van der Waals surface area contributed by atoms with Gasteiger partial charge in [-0.15, -0.1) is 4.98 Å². The number of hydrogen-bond acceptors (Lipinski definition) is 11. The molecule has 8 N–H and O–H groups in total. The largest absolute Gasteiger partial charge is 0.545 e. The maximum Gasteiger partial charge on any atom is 0.328 e. The Bertz CT molecular complexity index is 1820. The molecule has 1 heterocycles. The number of carboxylic acids is 2. The molecule has 47 heavy (non-hydrogen) atoms. The molecule has 0 aliphatic rings. The van der Waals surface area contributed by atoms with Crippen LogP contribution < -0.4 is 35.9 Å². The highest BCUT2D eigenvalue weighted by atomic mass is 32.2. The molecule has 0 aliphatic heterocycles. The molecular formula is C27H34N8O8S4. The van der Waals surface area contributed by atoms with E-state index in [1.807, 2.05) is 12.3 Å². The van der Waals surface area contributed by atoms with Gasteiger partial charge in [-0.3, -0.25) is 9.30 Å². The van der Waals surface area contributed by atoms with Gasteiger partial charge in [-0.1, -0.05) is 35.1 Å². The average Bonchev–Trinajstić information content (AvgIpc) is 3.45. The molecule has 0 atom stereocenters. The highest BCUT2D eigenvalue weighted by Gasteiger charge is 2.24. The lowest BCUT2D eigenvalue weighted by Crippen LogP contribution is -2.72. The molecule has 20 heteroatoms. The van der Waals surface area contributed by atoms with E-state index in [2.05, 4.69) is 25.0 Å². The number of aliphatic carboxylic acids is 2. The summed E-state index contributed by atoms with van der Waals surface area (Å²) >= 11 is 2.98. The molecule has 3 rings (SSSR count). The van der Waals surface area contributed by atoms with E-state index in [0.29, 0.717) is 41.0 Å². The Morgan fingerprint density at radius 3 is 2.36 bits per heavy atom. The molecule has 16 nitrogen and oxygen atoms in total. The molecule has 254 valence electrons. The molecule has 0 amide bonds. The van der Waals surface area contributed by atoms with Crippen molar-refractivity contribution < 1.29 is 41.6 Å². The lowest BCUT2D eigenvalue weighted by molar-refractivity contribution is -0.355. The Labute approximate surface area is 280 Å². The fourth-order valence-electron chi connectivity index (χ4n) is 3.31. The maximum atomic E-state index is 13.2. The summed E-state index contributed by atoms with van der Waals surface area (Å²) in [6, 6.07) is 12.2. The van der Waals surface area contributed by atoms with E-state index < -0.39 is 32.0 Å². The number of thioether (sulfide) groups is 1. The van der Waals surface area contributed by atoms with Crippen molar-refractivity contribution in [2.75, 3.05) is 30.7 Å². The normalized spacial score (nSPS) is 11.7. The Balaban J connectivity index is 0.000000849. The van der Waals surface area contributed by atoms with E-state index in [0.717, 1.165) is 21.6 Å². The van der Waals surface area contributed by atoms with Gasteiger partial charge in [-0.2, -0.15) is 11.8 Å². The maximum absolute atomic E-state index is 13.2. The van der Waals surface area contributed by atoms with Crippen LogP contribution in [0.1, 0.15) is 11.3 Å². The van der Waals surface area contributed by atoms with Gasteiger partial charge >= 0.3 is 11.9 Å². The van der Waals surface area contributed by atoms with E-state index in [4.69, 9.17) is 16.6 Å². The first-order chi connectivity index (χ1) is 22.0. The number of nitrogens with zero attached hydrogens (tertiary/aromatic N) is 3. The zero-order valence-corrected chi connectivity index (χ0v) is 28.7. The van der Waals surface area contributed by atoms with E-state index in [-0.39, 0.29) is 21.7 Å². The molecular weight excluding hydrogens is 693 g/mol. The topological polar surface area (TPSA) is 264 Å². The number of nitrogens with two attached hydrogens (primary N) is 2. The van der Waals surface area contributed by atoms with E-state index in [1.54, 1.807) is 36.0 Å². The van der Waals surface area contributed by atoms with Crippen LogP contribution in [0, 0.1) is 6.92 Å². The molecule has 1 aromatic heterocycles. The molecule has 0 saturated carbocycles. The molecule has 0 bridgehead atoms. The number of rotatable bonds is 13. The quantitative estimate of drug-likeness (QED) is 0.0504.